The van der Waals surface area contributed by atoms with Crippen LogP contribution in [0.3, 0.4) is 0 Å². The van der Waals surface area contributed by atoms with E-state index in [0.717, 1.165) is 0 Å². The largest absolute Gasteiger partial charge is 0.480 e. The van der Waals surface area contributed by atoms with E-state index in [1.165, 1.54) is 26.4 Å². The number of hydrogen-bond donors (Lipinski definition) is 2. The average Bonchev–Trinajstić information content (AvgIpc) is 2.27. The second-order valence-corrected chi connectivity index (χ2v) is 2.67. The highest BCUT2D eigenvalue weighted by molar-refractivity contribution is 5.97. The molecule has 0 bridgehead atoms. The van der Waals surface area contributed by atoms with Crippen LogP contribution in [-0.2, 0) is 0 Å². The summed E-state index contributed by atoms with van der Waals surface area (Å²) in [6.45, 7) is 0. The first-order valence-corrected chi connectivity index (χ1v) is 4.09. The van der Waals surface area contributed by atoms with Crippen molar-refractivity contribution in [2.75, 3.05) is 14.2 Å². The van der Waals surface area contributed by atoms with E-state index in [1.807, 2.05) is 0 Å². The number of pyridine rings is 1. The quantitative estimate of drug-likeness (QED) is 0.741. The fourth-order valence-electron chi connectivity index (χ4n) is 1.04. The van der Waals surface area contributed by atoms with Crippen LogP contribution < -0.4 is 10.1 Å². The van der Waals surface area contributed by atoms with Crippen molar-refractivity contribution in [2.45, 2.75) is 0 Å². The third-order valence-corrected chi connectivity index (χ3v) is 1.76. The number of nitrogens with zero attached hydrogens (tertiary/aromatic N) is 1. The molecule has 0 spiro atoms. The third kappa shape index (κ3) is 2.22. The molecule has 0 saturated carbocycles. The Hall–Kier alpha value is -2.11. The standard InChI is InChI=1S/C9H10N2O4/c1-10-7(12)5-3-6(9(13)14)8(15-2)11-4-5/h3-4H,1-2H3,(H,10,12)(H,13,14). The van der Waals surface area contributed by atoms with Crippen molar-refractivity contribution in [3.63, 3.8) is 0 Å². The van der Waals surface area contributed by atoms with Gasteiger partial charge in [-0.2, -0.15) is 0 Å². The Morgan fingerprint density at radius 3 is 2.67 bits per heavy atom. The van der Waals surface area contributed by atoms with E-state index in [0.29, 0.717) is 0 Å². The number of amides is 1. The molecule has 1 heterocycles. The summed E-state index contributed by atoms with van der Waals surface area (Å²) in [5.74, 6) is -1.60. The summed E-state index contributed by atoms with van der Waals surface area (Å²) in [5, 5.41) is 11.2. The summed E-state index contributed by atoms with van der Waals surface area (Å²) < 4.78 is 4.75. The lowest BCUT2D eigenvalue weighted by Crippen LogP contribution is -2.19. The SMILES string of the molecule is CNC(=O)c1cnc(OC)c(C(=O)O)c1. The molecule has 0 unspecified atom stereocenters. The number of carboxylic acid groups (broad SMARTS) is 1. The molecule has 0 aliphatic rings. The maximum Gasteiger partial charge on any atom is 0.341 e. The highest BCUT2D eigenvalue weighted by Gasteiger charge is 2.15. The molecular weight excluding hydrogens is 200 g/mol. The summed E-state index contributed by atoms with van der Waals surface area (Å²) >= 11 is 0. The van der Waals surface area contributed by atoms with Crippen LogP contribution in [-0.4, -0.2) is 36.1 Å². The van der Waals surface area contributed by atoms with Crippen LogP contribution in [0, 0.1) is 0 Å². The van der Waals surface area contributed by atoms with Crippen LogP contribution in [0.1, 0.15) is 20.7 Å². The van der Waals surface area contributed by atoms with E-state index in [2.05, 4.69) is 10.3 Å². The van der Waals surface area contributed by atoms with Gasteiger partial charge in [0.2, 0.25) is 5.88 Å². The number of carboxylic acids is 1. The van der Waals surface area contributed by atoms with E-state index in [-0.39, 0.29) is 17.0 Å². The summed E-state index contributed by atoms with van der Waals surface area (Å²) in [6, 6.07) is 1.22. The highest BCUT2D eigenvalue weighted by atomic mass is 16.5. The van der Waals surface area contributed by atoms with Crippen LogP contribution in [0.4, 0.5) is 0 Å². The summed E-state index contributed by atoms with van der Waals surface area (Å²) in [6.07, 6.45) is 1.25. The van der Waals surface area contributed by atoms with Crippen LogP contribution in [0.5, 0.6) is 5.88 Å². The first-order chi connectivity index (χ1) is 7.10. The zero-order valence-electron chi connectivity index (χ0n) is 8.27. The van der Waals surface area contributed by atoms with Crippen molar-refractivity contribution >= 4 is 11.9 Å². The van der Waals surface area contributed by atoms with Crippen LogP contribution >= 0.6 is 0 Å². The van der Waals surface area contributed by atoms with Gasteiger partial charge in [0, 0.05) is 13.2 Å². The predicted molar refractivity (Wildman–Crippen MR) is 51.1 cm³/mol. The molecule has 0 aromatic carbocycles. The van der Waals surface area contributed by atoms with Crippen molar-refractivity contribution in [1.29, 1.82) is 0 Å². The van der Waals surface area contributed by atoms with Crippen LogP contribution in [0.2, 0.25) is 0 Å². The van der Waals surface area contributed by atoms with E-state index in [4.69, 9.17) is 9.84 Å². The number of methoxy groups -OCH3 is 1. The Bertz CT molecular complexity index is 403. The monoisotopic (exact) mass is 210 g/mol. The lowest BCUT2D eigenvalue weighted by atomic mass is 10.2. The summed E-state index contributed by atoms with van der Waals surface area (Å²) in [5.41, 5.74) is 0.0364. The summed E-state index contributed by atoms with van der Waals surface area (Å²) in [7, 11) is 2.77. The number of ether oxygens (including phenoxy) is 1. The molecule has 0 aliphatic carbocycles. The molecule has 1 amide bonds. The Kier molecular flexibility index (Phi) is 3.22. The Morgan fingerprint density at radius 1 is 1.53 bits per heavy atom. The maximum atomic E-state index is 11.2. The molecule has 15 heavy (non-hydrogen) atoms. The van der Waals surface area contributed by atoms with Gasteiger partial charge in [0.25, 0.3) is 5.91 Å². The number of aromatic carboxylic acids is 1. The van der Waals surface area contributed by atoms with Crippen molar-refractivity contribution < 1.29 is 19.4 Å². The van der Waals surface area contributed by atoms with E-state index in [9.17, 15) is 9.59 Å². The van der Waals surface area contributed by atoms with E-state index in [1.54, 1.807) is 0 Å². The molecule has 1 aromatic heterocycles. The van der Waals surface area contributed by atoms with E-state index >= 15 is 0 Å². The topological polar surface area (TPSA) is 88.5 Å². The van der Waals surface area contributed by atoms with Gasteiger partial charge in [-0.3, -0.25) is 4.79 Å². The van der Waals surface area contributed by atoms with Gasteiger partial charge in [0.15, 0.2) is 0 Å². The minimum atomic E-state index is -1.19. The first kappa shape index (κ1) is 11.0. The molecule has 6 heteroatoms. The van der Waals surface area contributed by atoms with Crippen molar-refractivity contribution in [1.82, 2.24) is 10.3 Å². The molecule has 0 radical (unpaired) electrons. The lowest BCUT2D eigenvalue weighted by molar-refractivity contribution is 0.0692. The lowest BCUT2D eigenvalue weighted by Gasteiger charge is -2.05. The molecule has 1 rings (SSSR count). The summed E-state index contributed by atoms with van der Waals surface area (Å²) in [4.78, 5) is 25.7. The van der Waals surface area contributed by atoms with Gasteiger partial charge in [-0.15, -0.1) is 0 Å². The molecule has 2 N–H and O–H groups in total. The molecule has 0 fully saturated rings. The first-order valence-electron chi connectivity index (χ1n) is 4.09. The number of hydrogen-bond acceptors (Lipinski definition) is 4. The average molecular weight is 210 g/mol. The molecule has 0 aliphatic heterocycles. The minimum absolute atomic E-state index is 0.0184. The number of aromatic nitrogens is 1. The zero-order chi connectivity index (χ0) is 11.4. The van der Waals surface area contributed by atoms with Crippen LogP contribution in [0.15, 0.2) is 12.3 Å². The predicted octanol–water partition coefficient (Wildman–Crippen LogP) is 0.148. The van der Waals surface area contributed by atoms with E-state index < -0.39 is 11.9 Å². The Balaban J connectivity index is 3.22. The Morgan fingerprint density at radius 2 is 2.20 bits per heavy atom. The normalized spacial score (nSPS) is 9.47. The van der Waals surface area contributed by atoms with Gasteiger partial charge < -0.3 is 15.2 Å². The van der Waals surface area contributed by atoms with Crippen molar-refractivity contribution in [3.8, 4) is 5.88 Å². The smallest absolute Gasteiger partial charge is 0.341 e. The molecule has 0 atom stereocenters. The molecule has 6 nitrogen and oxygen atoms in total. The van der Waals surface area contributed by atoms with Gasteiger partial charge >= 0.3 is 5.97 Å². The van der Waals surface area contributed by atoms with Crippen molar-refractivity contribution in [2.24, 2.45) is 0 Å². The highest BCUT2D eigenvalue weighted by Crippen LogP contribution is 2.15. The van der Waals surface area contributed by atoms with Crippen LogP contribution in [0.25, 0.3) is 0 Å². The molecule has 0 saturated heterocycles. The Labute approximate surface area is 85.9 Å². The van der Waals surface area contributed by atoms with Gasteiger partial charge in [-0.05, 0) is 6.07 Å². The number of rotatable bonds is 3. The maximum absolute atomic E-state index is 11.2. The number of nitrogens with one attached hydrogen (secondary N) is 1. The fraction of sp³-hybridized carbons (Fsp3) is 0.222. The number of carbonyl (C=O) groups is 2. The molecule has 1 aromatic rings. The zero-order valence-corrected chi connectivity index (χ0v) is 8.27. The van der Waals surface area contributed by atoms with Gasteiger partial charge in [0.05, 0.1) is 12.7 Å². The fourth-order valence-corrected chi connectivity index (χ4v) is 1.04. The minimum Gasteiger partial charge on any atom is -0.480 e. The molecular formula is C9H10N2O4. The van der Waals surface area contributed by atoms with Crippen molar-refractivity contribution in [3.05, 3.63) is 23.4 Å². The number of carbonyl (C=O) groups excluding carboxylic acids is 1. The van der Waals surface area contributed by atoms with Gasteiger partial charge in [-0.1, -0.05) is 0 Å². The van der Waals surface area contributed by atoms with Gasteiger partial charge in [0.1, 0.15) is 5.56 Å². The third-order valence-electron chi connectivity index (χ3n) is 1.76. The van der Waals surface area contributed by atoms with Gasteiger partial charge in [-0.25, -0.2) is 9.78 Å². The molecule has 80 valence electrons. The second-order valence-electron chi connectivity index (χ2n) is 2.67. The second kappa shape index (κ2) is 4.41.